The van der Waals surface area contributed by atoms with Crippen molar-refractivity contribution in [1.29, 1.82) is 0 Å². The van der Waals surface area contributed by atoms with Crippen molar-refractivity contribution in [3.63, 3.8) is 0 Å². The topological polar surface area (TPSA) is 62.0 Å². The molecule has 128 valence electrons. The van der Waals surface area contributed by atoms with Gasteiger partial charge in [-0.15, -0.1) is 0 Å². The molecule has 0 bridgehead atoms. The van der Waals surface area contributed by atoms with Gasteiger partial charge in [-0.25, -0.2) is 0 Å². The number of carbonyl (C=O) groups excluding carboxylic acids is 1. The average Bonchev–Trinajstić information content (AvgIpc) is 2.56. The van der Waals surface area contributed by atoms with Crippen LogP contribution in [0.2, 0.25) is 5.02 Å². The fraction of sp³-hybridized carbons (Fsp3) is 0.200. The van der Waals surface area contributed by atoms with Crippen LogP contribution in [0.25, 0.3) is 10.9 Å². The molecule has 0 radical (unpaired) electrons. The van der Waals surface area contributed by atoms with Gasteiger partial charge in [0.1, 0.15) is 0 Å². The van der Waals surface area contributed by atoms with Gasteiger partial charge in [0.15, 0.2) is 0 Å². The van der Waals surface area contributed by atoms with Crippen molar-refractivity contribution in [3.05, 3.63) is 80.1 Å². The second kappa shape index (κ2) is 7.11. The van der Waals surface area contributed by atoms with Crippen LogP contribution in [0.1, 0.15) is 27.0 Å². The largest absolute Gasteiger partial charge is 0.352 e. The Morgan fingerprint density at radius 3 is 2.56 bits per heavy atom. The van der Waals surface area contributed by atoms with Crippen LogP contribution in [0.4, 0.5) is 0 Å². The van der Waals surface area contributed by atoms with E-state index in [1.807, 2.05) is 32.0 Å². The molecule has 25 heavy (non-hydrogen) atoms. The van der Waals surface area contributed by atoms with E-state index < -0.39 is 0 Å². The van der Waals surface area contributed by atoms with E-state index >= 15 is 0 Å². The molecule has 0 saturated heterocycles. The van der Waals surface area contributed by atoms with E-state index in [1.54, 1.807) is 24.3 Å². The van der Waals surface area contributed by atoms with E-state index in [0.717, 1.165) is 22.0 Å². The maximum absolute atomic E-state index is 12.3. The molecule has 2 N–H and O–H groups in total. The number of H-pyrrole nitrogens is 1. The average molecular weight is 355 g/mol. The maximum atomic E-state index is 12.3. The summed E-state index contributed by atoms with van der Waals surface area (Å²) in [5.41, 5.74) is 4.16. The van der Waals surface area contributed by atoms with Crippen molar-refractivity contribution in [2.75, 3.05) is 6.54 Å². The lowest BCUT2D eigenvalue weighted by atomic mass is 10.0. The number of amides is 1. The first kappa shape index (κ1) is 17.2. The minimum Gasteiger partial charge on any atom is -0.352 e. The molecule has 2 aromatic carbocycles. The number of aromatic amines is 1. The number of hydrogen-bond donors (Lipinski definition) is 2. The number of carbonyl (C=O) groups is 1. The number of aryl methyl sites for hydroxylation is 2. The molecule has 0 saturated carbocycles. The number of benzene rings is 2. The van der Waals surface area contributed by atoms with Crippen LogP contribution in [-0.2, 0) is 6.42 Å². The zero-order chi connectivity index (χ0) is 18.0. The van der Waals surface area contributed by atoms with Crippen molar-refractivity contribution >= 4 is 28.4 Å². The Kier molecular flexibility index (Phi) is 4.91. The fourth-order valence-electron chi connectivity index (χ4n) is 2.93. The van der Waals surface area contributed by atoms with Crippen molar-refractivity contribution in [2.24, 2.45) is 0 Å². The van der Waals surface area contributed by atoms with Gasteiger partial charge in [-0.1, -0.05) is 23.2 Å². The highest BCUT2D eigenvalue weighted by Crippen LogP contribution is 2.18. The first-order valence-corrected chi connectivity index (χ1v) is 8.49. The minimum absolute atomic E-state index is 0.111. The van der Waals surface area contributed by atoms with Crippen LogP contribution in [0.3, 0.4) is 0 Å². The van der Waals surface area contributed by atoms with Crippen molar-refractivity contribution < 1.29 is 4.79 Å². The molecule has 0 aliphatic carbocycles. The molecule has 1 heterocycles. The summed E-state index contributed by atoms with van der Waals surface area (Å²) >= 11 is 5.82. The number of aromatic nitrogens is 1. The lowest BCUT2D eigenvalue weighted by Crippen LogP contribution is -2.27. The van der Waals surface area contributed by atoms with Gasteiger partial charge in [-0.05, 0) is 67.6 Å². The summed E-state index contributed by atoms with van der Waals surface area (Å²) in [6, 6.07) is 12.7. The molecular formula is C20H19ClN2O2. The molecule has 0 fully saturated rings. The van der Waals surface area contributed by atoms with Crippen molar-refractivity contribution in [2.45, 2.75) is 20.3 Å². The fourth-order valence-corrected chi connectivity index (χ4v) is 3.06. The van der Waals surface area contributed by atoms with Gasteiger partial charge in [-0.2, -0.15) is 0 Å². The van der Waals surface area contributed by atoms with Crippen molar-refractivity contribution in [1.82, 2.24) is 10.3 Å². The SMILES string of the molecule is Cc1cc(C)c2[nH]c(=O)c(CCNC(=O)c3ccc(Cl)cc3)cc2c1. The molecule has 1 aromatic heterocycles. The molecule has 3 rings (SSSR count). The molecular weight excluding hydrogens is 336 g/mol. The third-order valence-corrected chi connectivity index (χ3v) is 4.41. The summed E-state index contributed by atoms with van der Waals surface area (Å²) < 4.78 is 0. The van der Waals surface area contributed by atoms with Gasteiger partial charge in [0, 0.05) is 22.7 Å². The Bertz CT molecular complexity index is 991. The van der Waals surface area contributed by atoms with E-state index in [0.29, 0.717) is 29.1 Å². The molecule has 0 aliphatic heterocycles. The van der Waals surface area contributed by atoms with Gasteiger partial charge >= 0.3 is 0 Å². The normalized spacial score (nSPS) is 10.8. The quantitative estimate of drug-likeness (QED) is 0.749. The predicted molar refractivity (Wildman–Crippen MR) is 102 cm³/mol. The first-order chi connectivity index (χ1) is 11.9. The van der Waals surface area contributed by atoms with Crippen LogP contribution in [0.15, 0.2) is 47.3 Å². The van der Waals surface area contributed by atoms with Crippen LogP contribution in [-0.4, -0.2) is 17.4 Å². The Morgan fingerprint density at radius 2 is 1.84 bits per heavy atom. The Balaban J connectivity index is 1.73. The highest BCUT2D eigenvalue weighted by atomic mass is 35.5. The molecule has 0 aliphatic rings. The lowest BCUT2D eigenvalue weighted by molar-refractivity contribution is 0.0954. The Hall–Kier alpha value is -2.59. The van der Waals surface area contributed by atoms with Gasteiger partial charge in [0.25, 0.3) is 11.5 Å². The van der Waals surface area contributed by atoms with Crippen LogP contribution in [0, 0.1) is 13.8 Å². The zero-order valence-corrected chi connectivity index (χ0v) is 14.9. The van der Waals surface area contributed by atoms with Gasteiger partial charge < -0.3 is 10.3 Å². The second-order valence-corrected chi connectivity index (χ2v) is 6.62. The molecule has 5 heteroatoms. The van der Waals surface area contributed by atoms with Crippen molar-refractivity contribution in [3.8, 4) is 0 Å². The van der Waals surface area contributed by atoms with E-state index in [9.17, 15) is 9.59 Å². The van der Waals surface area contributed by atoms with Crippen LogP contribution < -0.4 is 10.9 Å². The van der Waals surface area contributed by atoms with E-state index in [4.69, 9.17) is 11.6 Å². The third kappa shape index (κ3) is 3.91. The highest BCUT2D eigenvalue weighted by molar-refractivity contribution is 6.30. The second-order valence-electron chi connectivity index (χ2n) is 6.18. The number of rotatable bonds is 4. The highest BCUT2D eigenvalue weighted by Gasteiger charge is 2.08. The lowest BCUT2D eigenvalue weighted by Gasteiger charge is -2.08. The molecule has 3 aromatic rings. The molecule has 0 unspecified atom stereocenters. The zero-order valence-electron chi connectivity index (χ0n) is 14.2. The number of nitrogens with one attached hydrogen (secondary N) is 2. The van der Waals surface area contributed by atoms with E-state index in [1.165, 1.54) is 0 Å². The first-order valence-electron chi connectivity index (χ1n) is 8.11. The smallest absolute Gasteiger partial charge is 0.251 e. The Labute approximate surface area is 150 Å². The number of pyridine rings is 1. The molecule has 1 amide bonds. The van der Waals surface area contributed by atoms with Gasteiger partial charge in [0.05, 0.1) is 5.52 Å². The van der Waals surface area contributed by atoms with E-state index in [-0.39, 0.29) is 11.5 Å². The number of hydrogen-bond acceptors (Lipinski definition) is 2. The third-order valence-electron chi connectivity index (χ3n) is 4.16. The summed E-state index contributed by atoms with van der Waals surface area (Å²) in [7, 11) is 0. The summed E-state index contributed by atoms with van der Waals surface area (Å²) in [6.07, 6.45) is 0.470. The summed E-state index contributed by atoms with van der Waals surface area (Å²) in [5.74, 6) is -0.180. The predicted octanol–water partition coefficient (Wildman–Crippen LogP) is 3.77. The summed E-state index contributed by atoms with van der Waals surface area (Å²) in [6.45, 7) is 4.40. The van der Waals surface area contributed by atoms with Crippen LogP contribution >= 0.6 is 11.6 Å². The Morgan fingerprint density at radius 1 is 1.12 bits per heavy atom. The maximum Gasteiger partial charge on any atom is 0.251 e. The van der Waals surface area contributed by atoms with Gasteiger partial charge in [-0.3, -0.25) is 9.59 Å². The molecule has 4 nitrogen and oxygen atoms in total. The summed E-state index contributed by atoms with van der Waals surface area (Å²) in [4.78, 5) is 27.3. The van der Waals surface area contributed by atoms with E-state index in [2.05, 4.69) is 10.3 Å². The van der Waals surface area contributed by atoms with Crippen LogP contribution in [0.5, 0.6) is 0 Å². The molecule has 0 spiro atoms. The number of fused-ring (bicyclic) bond motifs is 1. The molecule has 0 atom stereocenters. The minimum atomic E-state index is -0.180. The monoisotopic (exact) mass is 354 g/mol. The summed E-state index contributed by atoms with van der Waals surface area (Å²) in [5, 5.41) is 4.43. The number of halogens is 1. The van der Waals surface area contributed by atoms with Gasteiger partial charge in [0.2, 0.25) is 0 Å². The standard InChI is InChI=1S/C20H19ClN2O2/c1-12-9-13(2)18-16(10-12)11-15(20(25)23-18)7-8-22-19(24)14-3-5-17(21)6-4-14/h3-6,9-11H,7-8H2,1-2H3,(H,22,24)(H,23,25).